The van der Waals surface area contributed by atoms with Crippen LogP contribution in [0.3, 0.4) is 0 Å². The summed E-state index contributed by atoms with van der Waals surface area (Å²) >= 11 is 0. The topological polar surface area (TPSA) is 237 Å². The Hall–Kier alpha value is -1.94. The Morgan fingerprint density at radius 2 is 0.490 bits per heavy atom. The number of aliphatic hydroxyl groups excluding tert-OH is 1. The molecule has 98 heavy (non-hydrogen) atoms. The molecule has 0 saturated carbocycles. The van der Waals surface area contributed by atoms with Gasteiger partial charge in [0.25, 0.3) is 0 Å². The Balaban J connectivity index is 5.27. The first-order chi connectivity index (χ1) is 47.4. The lowest BCUT2D eigenvalue weighted by atomic mass is 9.99. The van der Waals surface area contributed by atoms with Gasteiger partial charge >= 0.3 is 39.5 Å². The highest BCUT2D eigenvalue weighted by atomic mass is 31.2. The van der Waals surface area contributed by atoms with E-state index in [1.807, 2.05) is 0 Å². The van der Waals surface area contributed by atoms with E-state index in [4.69, 9.17) is 37.0 Å². The van der Waals surface area contributed by atoms with Crippen molar-refractivity contribution in [2.75, 3.05) is 39.6 Å². The molecule has 7 atom stereocenters. The van der Waals surface area contributed by atoms with Crippen molar-refractivity contribution >= 4 is 39.5 Å². The third-order valence-corrected chi connectivity index (χ3v) is 21.1. The van der Waals surface area contributed by atoms with Crippen molar-refractivity contribution in [3.05, 3.63) is 0 Å². The highest BCUT2D eigenvalue weighted by Crippen LogP contribution is 2.45. The van der Waals surface area contributed by atoms with Gasteiger partial charge in [0.1, 0.15) is 19.3 Å². The lowest BCUT2D eigenvalue weighted by Crippen LogP contribution is -2.30. The highest BCUT2D eigenvalue weighted by molar-refractivity contribution is 7.47. The first-order valence-electron chi connectivity index (χ1n) is 41.1. The van der Waals surface area contributed by atoms with Gasteiger partial charge in [0.15, 0.2) is 12.2 Å². The summed E-state index contributed by atoms with van der Waals surface area (Å²) in [5.41, 5.74) is 0. The molecular formula is C79H154O17P2. The van der Waals surface area contributed by atoms with Gasteiger partial charge in [-0.1, -0.05) is 363 Å². The first-order valence-corrected chi connectivity index (χ1v) is 44.1. The molecule has 4 unspecified atom stereocenters. The van der Waals surface area contributed by atoms with Gasteiger partial charge in [0.2, 0.25) is 0 Å². The highest BCUT2D eigenvalue weighted by Gasteiger charge is 2.30. The fourth-order valence-corrected chi connectivity index (χ4v) is 13.7. The minimum atomic E-state index is -4.96. The number of rotatable bonds is 78. The second-order valence-corrected chi connectivity index (χ2v) is 31.8. The summed E-state index contributed by atoms with van der Waals surface area (Å²) in [5, 5.41) is 10.6. The van der Waals surface area contributed by atoms with Crippen molar-refractivity contribution in [3.63, 3.8) is 0 Å². The Labute approximate surface area is 600 Å². The molecule has 0 aromatic carbocycles. The summed E-state index contributed by atoms with van der Waals surface area (Å²) in [6.07, 6.45) is 59.3. The van der Waals surface area contributed by atoms with Gasteiger partial charge in [-0.25, -0.2) is 9.13 Å². The number of esters is 4. The number of phosphoric acid groups is 2. The maximum Gasteiger partial charge on any atom is 0.472 e. The molecule has 0 spiro atoms. The fourth-order valence-electron chi connectivity index (χ4n) is 12.1. The minimum absolute atomic E-state index is 0.108. The summed E-state index contributed by atoms with van der Waals surface area (Å²) in [7, 11) is -9.92. The zero-order valence-corrected chi connectivity index (χ0v) is 65.9. The normalized spacial score (nSPS) is 14.5. The lowest BCUT2D eigenvalue weighted by Gasteiger charge is -2.21. The van der Waals surface area contributed by atoms with Gasteiger partial charge in [0.05, 0.1) is 26.4 Å². The van der Waals surface area contributed by atoms with Gasteiger partial charge in [-0.3, -0.25) is 37.3 Å². The van der Waals surface area contributed by atoms with Crippen LogP contribution in [-0.2, 0) is 65.4 Å². The summed E-state index contributed by atoms with van der Waals surface area (Å²) in [6, 6.07) is 0. The molecule has 0 bridgehead atoms. The second kappa shape index (κ2) is 70.7. The third-order valence-electron chi connectivity index (χ3n) is 19.2. The maximum atomic E-state index is 13.1. The van der Waals surface area contributed by atoms with E-state index >= 15 is 0 Å². The van der Waals surface area contributed by atoms with Gasteiger partial charge < -0.3 is 33.8 Å². The van der Waals surface area contributed by atoms with Crippen LogP contribution in [-0.4, -0.2) is 96.7 Å². The van der Waals surface area contributed by atoms with Crippen molar-refractivity contribution < 1.29 is 80.2 Å². The summed E-state index contributed by atoms with van der Waals surface area (Å²) in [4.78, 5) is 73.0. The molecule has 0 heterocycles. The number of phosphoric ester groups is 2. The zero-order valence-electron chi connectivity index (χ0n) is 64.1. The van der Waals surface area contributed by atoms with Crippen LogP contribution in [0.5, 0.6) is 0 Å². The standard InChI is InChI=1S/C79H154O17P2/c1-7-11-13-15-17-19-21-25-30-37-43-49-55-61-76(81)89-67-74(95-78(83)63-57-51-45-39-31-26-22-20-18-16-14-12-8-2)69-93-97(85,86)91-65-73(80)66-92-98(87,88)94-70-75(68-90-77(82)62-56-50-44-38-34-33-36-42-48-54-60-72(6)10-4)96-79(84)64-58-52-46-40-32-28-24-23-27-29-35-41-47-53-59-71(5)9-3/h71-75,80H,7-70H2,1-6H3,(H,85,86)(H,87,88)/t71?,72?,73-,74+,75+/m0/s1. The molecule has 0 rings (SSSR count). The van der Waals surface area contributed by atoms with Crippen LogP contribution in [0.25, 0.3) is 0 Å². The summed E-state index contributed by atoms with van der Waals surface area (Å²) < 4.78 is 68.7. The SMILES string of the molecule is CCCCCCCCCCCCCCCC(=O)OC[C@H](COP(=O)(O)OC[C@H](O)COP(=O)(O)OC[C@@H](COC(=O)CCCCCCCCCCCCC(C)CC)OC(=O)CCCCCCCCCCCCCCCCC(C)CC)OC(=O)CCCCCCCCCCCCCCC. The average Bonchev–Trinajstić information content (AvgIpc) is 0.942. The predicted octanol–water partition coefficient (Wildman–Crippen LogP) is 23.5. The molecule has 0 fully saturated rings. The molecule has 0 aliphatic carbocycles. The second-order valence-electron chi connectivity index (χ2n) is 28.9. The lowest BCUT2D eigenvalue weighted by molar-refractivity contribution is -0.161. The zero-order chi connectivity index (χ0) is 72.1. The van der Waals surface area contributed by atoms with Crippen molar-refractivity contribution in [1.29, 1.82) is 0 Å². The minimum Gasteiger partial charge on any atom is -0.462 e. The summed E-state index contributed by atoms with van der Waals surface area (Å²) in [5.74, 6) is -0.453. The van der Waals surface area contributed by atoms with E-state index in [1.54, 1.807) is 0 Å². The van der Waals surface area contributed by atoms with E-state index in [9.17, 15) is 43.2 Å². The van der Waals surface area contributed by atoms with Gasteiger partial charge in [-0.05, 0) is 37.5 Å². The smallest absolute Gasteiger partial charge is 0.462 e. The molecule has 3 N–H and O–H groups in total. The van der Waals surface area contributed by atoms with E-state index in [2.05, 4.69) is 41.5 Å². The fraction of sp³-hybridized carbons (Fsp3) is 0.949. The van der Waals surface area contributed by atoms with E-state index in [0.717, 1.165) is 102 Å². The number of carbonyl (C=O) groups excluding carboxylic acids is 4. The molecule has 19 heteroatoms. The summed E-state index contributed by atoms with van der Waals surface area (Å²) in [6.45, 7) is 9.71. The molecule has 0 aliphatic rings. The molecule has 582 valence electrons. The Kier molecular flexibility index (Phi) is 69.3. The molecule has 17 nitrogen and oxygen atoms in total. The third kappa shape index (κ3) is 69.8. The van der Waals surface area contributed by atoms with Crippen molar-refractivity contribution in [2.45, 2.75) is 432 Å². The van der Waals surface area contributed by atoms with Crippen molar-refractivity contribution in [3.8, 4) is 0 Å². The molecular weight excluding hydrogens is 1280 g/mol. The van der Waals surface area contributed by atoms with Crippen LogP contribution in [0, 0.1) is 11.8 Å². The Bertz CT molecular complexity index is 1890. The van der Waals surface area contributed by atoms with Crippen molar-refractivity contribution in [1.82, 2.24) is 0 Å². The monoisotopic (exact) mass is 1440 g/mol. The molecule has 0 aliphatic heterocycles. The maximum absolute atomic E-state index is 13.1. The van der Waals surface area contributed by atoms with E-state index in [0.29, 0.717) is 25.7 Å². The number of unbranched alkanes of at least 4 members (excludes halogenated alkanes) is 46. The number of ether oxygens (including phenoxy) is 4. The van der Waals surface area contributed by atoms with E-state index < -0.39 is 97.5 Å². The number of aliphatic hydroxyl groups is 1. The molecule has 0 aromatic rings. The number of hydrogen-bond acceptors (Lipinski definition) is 15. The molecule has 0 radical (unpaired) electrons. The average molecular weight is 1440 g/mol. The van der Waals surface area contributed by atoms with Crippen LogP contribution in [0.1, 0.15) is 414 Å². The number of carbonyl (C=O) groups is 4. The number of hydrogen-bond donors (Lipinski definition) is 3. The quantitative estimate of drug-likeness (QED) is 0.0222. The van der Waals surface area contributed by atoms with Crippen molar-refractivity contribution in [2.24, 2.45) is 11.8 Å². The van der Waals surface area contributed by atoms with Gasteiger partial charge in [0, 0.05) is 25.7 Å². The largest absolute Gasteiger partial charge is 0.472 e. The van der Waals surface area contributed by atoms with Crippen LogP contribution < -0.4 is 0 Å². The van der Waals surface area contributed by atoms with Gasteiger partial charge in [-0.2, -0.15) is 0 Å². The predicted molar refractivity (Wildman–Crippen MR) is 400 cm³/mol. The van der Waals surface area contributed by atoms with Crippen LogP contribution in [0.15, 0.2) is 0 Å². The van der Waals surface area contributed by atoms with E-state index in [1.165, 1.54) is 231 Å². The Morgan fingerprint density at radius 3 is 0.724 bits per heavy atom. The van der Waals surface area contributed by atoms with Crippen LogP contribution >= 0.6 is 15.6 Å². The molecule has 0 amide bonds. The Morgan fingerprint density at radius 1 is 0.286 bits per heavy atom. The molecule has 0 saturated heterocycles. The van der Waals surface area contributed by atoms with Crippen LogP contribution in [0.2, 0.25) is 0 Å². The van der Waals surface area contributed by atoms with Crippen LogP contribution in [0.4, 0.5) is 0 Å². The molecule has 0 aromatic heterocycles. The first kappa shape index (κ1) is 96.1. The van der Waals surface area contributed by atoms with E-state index in [-0.39, 0.29) is 25.7 Å². The van der Waals surface area contributed by atoms with Gasteiger partial charge in [-0.15, -0.1) is 0 Å².